The Morgan fingerprint density at radius 1 is 1.00 bits per heavy atom. The lowest BCUT2D eigenvalue weighted by atomic mass is 10.2. The summed E-state index contributed by atoms with van der Waals surface area (Å²) in [6.45, 7) is 23.8. The van der Waals surface area contributed by atoms with Crippen LogP contribution in [-0.4, -0.2) is 47.7 Å². The maximum Gasteiger partial charge on any atom is 0.318 e. The van der Waals surface area contributed by atoms with Gasteiger partial charge in [0.05, 0.1) is 4.91 Å². The Kier molecular flexibility index (Phi) is 37.9. The van der Waals surface area contributed by atoms with E-state index in [9.17, 15) is 14.1 Å². The fourth-order valence-corrected chi connectivity index (χ4v) is 4.21. The summed E-state index contributed by atoms with van der Waals surface area (Å²) in [6, 6.07) is 9.15. The van der Waals surface area contributed by atoms with Gasteiger partial charge in [0.1, 0.15) is 29.4 Å². The number of carbonyl (C=O) groups is 1. The van der Waals surface area contributed by atoms with Crippen molar-refractivity contribution in [1.82, 2.24) is 20.7 Å². The zero-order valence-electron chi connectivity index (χ0n) is 30.7. The molecular weight excluding hydrogens is 609 g/mol. The summed E-state index contributed by atoms with van der Waals surface area (Å²) in [5, 5.41) is 18.8. The highest BCUT2D eigenvalue weighted by Gasteiger charge is 2.06. The zero-order valence-corrected chi connectivity index (χ0v) is 31.6. The first-order valence-corrected chi connectivity index (χ1v) is 18.3. The molecule has 2 unspecified atom stereocenters. The van der Waals surface area contributed by atoms with Crippen LogP contribution in [0.1, 0.15) is 94.4 Å². The maximum absolute atomic E-state index is 12.9. The topological polar surface area (TPSA) is 112 Å². The van der Waals surface area contributed by atoms with Crippen molar-refractivity contribution in [3.63, 3.8) is 0 Å². The molecule has 0 heterocycles. The minimum absolute atomic E-state index is 0.228. The van der Waals surface area contributed by atoms with E-state index in [-0.39, 0.29) is 12.6 Å². The normalized spacial score (nSPS) is 12.8. The fraction of sp³-hybridized carbons (Fsp3) is 0.500. The number of hydrogen-bond donors (Lipinski definition) is 5. The van der Waals surface area contributed by atoms with Crippen molar-refractivity contribution in [2.45, 2.75) is 101 Å². The molecule has 47 heavy (non-hydrogen) atoms. The second kappa shape index (κ2) is 37.1. The van der Waals surface area contributed by atoms with E-state index in [2.05, 4.69) is 34.2 Å². The molecule has 0 fully saturated rings. The maximum atomic E-state index is 12.9. The Labute approximate surface area is 290 Å². The molecule has 2 atom stereocenters. The van der Waals surface area contributed by atoms with Crippen LogP contribution in [0, 0.1) is 0 Å². The van der Waals surface area contributed by atoms with Crippen molar-refractivity contribution in [1.29, 1.82) is 0 Å². The van der Waals surface area contributed by atoms with Crippen LogP contribution in [0.5, 0.6) is 5.75 Å². The van der Waals surface area contributed by atoms with Crippen molar-refractivity contribution in [3.05, 3.63) is 102 Å². The first-order chi connectivity index (χ1) is 22.9. The van der Waals surface area contributed by atoms with E-state index in [4.69, 9.17) is 4.74 Å². The highest BCUT2D eigenvalue weighted by Crippen LogP contribution is 2.09. The van der Waals surface area contributed by atoms with Gasteiger partial charge in [0.25, 0.3) is 0 Å². The largest absolute Gasteiger partial charge is 0.491 e. The van der Waals surface area contributed by atoms with Crippen LogP contribution in [0.15, 0.2) is 102 Å². The van der Waals surface area contributed by atoms with Gasteiger partial charge < -0.3 is 30.5 Å². The molecule has 0 saturated heterocycles. The van der Waals surface area contributed by atoms with Crippen molar-refractivity contribution in [3.8, 4) is 5.75 Å². The van der Waals surface area contributed by atoms with Crippen LogP contribution in [0.2, 0.25) is 0 Å². The van der Waals surface area contributed by atoms with E-state index in [1.165, 1.54) is 18.7 Å². The number of urea groups is 1. The lowest BCUT2D eigenvalue weighted by Gasteiger charge is -2.13. The number of hydrogen-bond acceptors (Lipinski definition) is 5. The third-order valence-electron chi connectivity index (χ3n) is 5.67. The second-order valence-electron chi connectivity index (χ2n) is 9.33. The summed E-state index contributed by atoms with van der Waals surface area (Å²) < 4.78 is 21.4. The van der Waals surface area contributed by atoms with E-state index >= 15 is 0 Å². The highest BCUT2D eigenvalue weighted by atomic mass is 32.2. The third-order valence-corrected chi connectivity index (χ3v) is 6.82. The molecule has 0 saturated carbocycles. The van der Waals surface area contributed by atoms with Crippen molar-refractivity contribution < 1.29 is 18.8 Å². The van der Waals surface area contributed by atoms with Gasteiger partial charge in [-0.05, 0) is 69.7 Å². The van der Waals surface area contributed by atoms with Crippen LogP contribution in [0.3, 0.4) is 0 Å². The summed E-state index contributed by atoms with van der Waals surface area (Å²) in [5.74, 6) is 0.737. The highest BCUT2D eigenvalue weighted by molar-refractivity contribution is 7.87. The lowest BCUT2D eigenvalue weighted by molar-refractivity contribution is 0.106. The van der Waals surface area contributed by atoms with Gasteiger partial charge in [-0.15, -0.1) is 0 Å². The molecule has 268 valence electrons. The van der Waals surface area contributed by atoms with E-state index in [0.717, 1.165) is 37.0 Å². The number of allylic oxidation sites excluding steroid dienone is 7. The zero-order chi connectivity index (χ0) is 36.1. The van der Waals surface area contributed by atoms with Gasteiger partial charge in [0.2, 0.25) is 0 Å². The summed E-state index contributed by atoms with van der Waals surface area (Å²) in [4.78, 5) is 12.3. The molecule has 0 bridgehead atoms. The van der Waals surface area contributed by atoms with Gasteiger partial charge in [-0.25, -0.2) is 9.00 Å². The summed E-state index contributed by atoms with van der Waals surface area (Å²) in [5.41, 5.74) is 1.81. The monoisotopic (exact) mass is 674 g/mol. The third kappa shape index (κ3) is 29.7. The number of ether oxygens (including phenoxy) is 1. The molecule has 1 rings (SSSR count). The fourth-order valence-electron chi connectivity index (χ4n) is 3.38. The quantitative estimate of drug-likeness (QED) is 0.0663. The molecule has 0 aromatic heterocycles. The van der Waals surface area contributed by atoms with Crippen LogP contribution >= 0.6 is 0 Å². The van der Waals surface area contributed by atoms with Crippen LogP contribution < -0.4 is 25.4 Å². The number of carbonyl (C=O) groups excluding carboxylic acids is 1. The average molecular weight is 675 g/mol. The molecular formula is C38H66N4O4S. The standard InChI is InChI=1S/C32H48N4O4S.3C2H6/c1-5-8-9-13-22-34-32(38)35-23-14-18-31(7-3)41(39)36-28(15-6-2)20-19-27(4)21-24-33-25-29(37)26-40-30-16-11-10-12-17-30;3*1-2/h6-7,10-12,14-20,23,29,33,36-37H,3,5,8-9,13,21-22,24-26H2,1-2,4H3,(H2,34,35,38);3*1-2H3/b15-6-,23-14+,27-19+,28-20+,31-18+;;;. The van der Waals surface area contributed by atoms with E-state index in [1.807, 2.05) is 110 Å². The minimum Gasteiger partial charge on any atom is -0.491 e. The number of nitrogens with one attached hydrogen (secondary N) is 4. The Morgan fingerprint density at radius 3 is 2.30 bits per heavy atom. The van der Waals surface area contributed by atoms with Crippen molar-refractivity contribution in [2.75, 3.05) is 26.2 Å². The minimum atomic E-state index is -1.54. The smallest absolute Gasteiger partial charge is 0.318 e. The van der Waals surface area contributed by atoms with Crippen molar-refractivity contribution >= 4 is 17.0 Å². The molecule has 0 aliphatic rings. The summed E-state index contributed by atoms with van der Waals surface area (Å²) in [6.07, 6.45) is 18.4. The lowest BCUT2D eigenvalue weighted by Crippen LogP contribution is -2.32. The van der Waals surface area contributed by atoms with Gasteiger partial charge in [0, 0.05) is 25.0 Å². The van der Waals surface area contributed by atoms with Crippen LogP contribution in [0.25, 0.3) is 0 Å². The number of unbranched alkanes of at least 4 members (excludes halogenated alkanes) is 3. The molecule has 1 aromatic rings. The van der Waals surface area contributed by atoms with E-state index in [0.29, 0.717) is 30.2 Å². The Morgan fingerprint density at radius 2 is 1.68 bits per heavy atom. The average Bonchev–Trinajstić information content (AvgIpc) is 3.11. The molecule has 2 amide bonds. The molecule has 0 radical (unpaired) electrons. The predicted octanol–water partition coefficient (Wildman–Crippen LogP) is 8.61. The van der Waals surface area contributed by atoms with E-state index < -0.39 is 17.1 Å². The van der Waals surface area contributed by atoms with Gasteiger partial charge >= 0.3 is 6.03 Å². The summed E-state index contributed by atoms with van der Waals surface area (Å²) >= 11 is 0. The Bertz CT molecular complexity index is 1070. The number of rotatable bonds is 21. The van der Waals surface area contributed by atoms with Gasteiger partial charge in [-0.2, -0.15) is 0 Å². The molecule has 0 aliphatic carbocycles. The molecule has 0 spiro atoms. The number of aliphatic hydroxyl groups excluding tert-OH is 1. The number of para-hydroxylation sites is 1. The van der Waals surface area contributed by atoms with Crippen LogP contribution in [-0.2, 0) is 11.0 Å². The molecule has 0 aliphatic heterocycles. The Balaban J connectivity index is -0.00000304. The second-order valence-corrected chi connectivity index (χ2v) is 10.5. The summed E-state index contributed by atoms with van der Waals surface area (Å²) in [7, 11) is -1.54. The molecule has 1 aromatic carbocycles. The number of amides is 2. The van der Waals surface area contributed by atoms with Crippen LogP contribution in [0.4, 0.5) is 4.79 Å². The van der Waals surface area contributed by atoms with E-state index in [1.54, 1.807) is 12.2 Å². The first-order valence-electron chi connectivity index (χ1n) is 17.2. The molecule has 9 heteroatoms. The Hall–Kier alpha value is -3.40. The van der Waals surface area contributed by atoms with Crippen molar-refractivity contribution in [2.24, 2.45) is 0 Å². The first kappa shape index (κ1) is 48.0. The molecule has 8 nitrogen and oxygen atoms in total. The van der Waals surface area contributed by atoms with Gasteiger partial charge in [-0.1, -0.05) is 116 Å². The predicted molar refractivity (Wildman–Crippen MR) is 206 cm³/mol. The number of aliphatic hydroxyl groups is 1. The SMILES string of the molecule is C=C/C(=C\C=C\NC(=O)NCCCCCC)S(=O)NC(/C=C\C)=C/C=C(\C)CCNCC(O)COc1ccccc1.CC.CC.CC. The number of benzene rings is 1. The van der Waals surface area contributed by atoms with Gasteiger partial charge in [-0.3, -0.25) is 0 Å². The van der Waals surface area contributed by atoms with Gasteiger partial charge in [0.15, 0.2) is 0 Å². The molecule has 5 N–H and O–H groups in total.